The van der Waals surface area contributed by atoms with Gasteiger partial charge in [0.05, 0.1) is 13.1 Å². The maximum atomic E-state index is 12.7. The van der Waals surface area contributed by atoms with Crippen LogP contribution in [0.4, 0.5) is 5.69 Å². The van der Waals surface area contributed by atoms with Gasteiger partial charge < -0.3 is 10.2 Å². The minimum Gasteiger partial charge on any atom is -0.341 e. The second-order valence-electron chi connectivity index (χ2n) is 8.40. The van der Waals surface area contributed by atoms with Crippen LogP contribution in [0.2, 0.25) is 0 Å². The number of aryl methyl sites for hydroxylation is 1. The zero-order valence-electron chi connectivity index (χ0n) is 17.0. The molecule has 2 atom stereocenters. The highest BCUT2D eigenvalue weighted by molar-refractivity contribution is 5.93. The Balaban J connectivity index is 1.47. The normalized spacial score (nSPS) is 22.4. The van der Waals surface area contributed by atoms with Crippen LogP contribution in [-0.2, 0) is 9.59 Å². The fourth-order valence-electron chi connectivity index (χ4n) is 4.54. The number of nitrogens with one attached hydrogen (secondary N) is 1. The monoisotopic (exact) mass is 371 g/mol. The molecule has 1 heterocycles. The minimum absolute atomic E-state index is 0.0787. The van der Waals surface area contributed by atoms with Crippen LogP contribution in [0.3, 0.4) is 0 Å². The standard InChI is InChI=1S/C22H33N3O2/c1-16-7-6-10-20(17(16)2)23-21(26)14-24(3)15-22(27)25-12-11-18-8-4-5-9-19(18)13-25/h6-7,10,18-19H,4-5,8-9,11-15H2,1-3H3,(H,23,26)/t18-,19+/m0/s1. The van der Waals surface area contributed by atoms with Crippen molar-refractivity contribution in [1.29, 1.82) is 0 Å². The third-order valence-electron chi connectivity index (χ3n) is 6.34. The van der Waals surface area contributed by atoms with Gasteiger partial charge in [-0.2, -0.15) is 0 Å². The summed E-state index contributed by atoms with van der Waals surface area (Å²) < 4.78 is 0. The van der Waals surface area contributed by atoms with E-state index >= 15 is 0 Å². The van der Waals surface area contributed by atoms with Gasteiger partial charge in [0.25, 0.3) is 0 Å². The minimum atomic E-state index is -0.0787. The van der Waals surface area contributed by atoms with Crippen LogP contribution in [0.15, 0.2) is 18.2 Å². The highest BCUT2D eigenvalue weighted by Crippen LogP contribution is 2.36. The van der Waals surface area contributed by atoms with Crippen LogP contribution in [0, 0.1) is 25.7 Å². The molecule has 1 aliphatic heterocycles. The van der Waals surface area contributed by atoms with Gasteiger partial charge in [0.1, 0.15) is 0 Å². The Bertz CT molecular complexity index is 688. The third kappa shape index (κ3) is 5.10. The van der Waals surface area contributed by atoms with Gasteiger partial charge in [-0.05, 0) is 62.8 Å². The molecule has 3 rings (SSSR count). The zero-order chi connectivity index (χ0) is 19.4. The van der Waals surface area contributed by atoms with Gasteiger partial charge in [-0.15, -0.1) is 0 Å². The van der Waals surface area contributed by atoms with E-state index in [1.807, 2.05) is 48.9 Å². The Hall–Kier alpha value is -1.88. The highest BCUT2D eigenvalue weighted by atomic mass is 16.2. The SMILES string of the molecule is Cc1cccc(NC(=O)CN(C)CC(=O)N2CC[C@@H]3CCCC[C@@H]3C2)c1C. The van der Waals surface area contributed by atoms with Gasteiger partial charge in [-0.25, -0.2) is 0 Å². The molecule has 0 unspecified atom stereocenters. The molecular weight excluding hydrogens is 338 g/mol. The fraction of sp³-hybridized carbons (Fsp3) is 0.636. The summed E-state index contributed by atoms with van der Waals surface area (Å²) in [6, 6.07) is 5.89. The Kier molecular flexibility index (Phi) is 6.53. The summed E-state index contributed by atoms with van der Waals surface area (Å²) in [5.41, 5.74) is 3.08. The molecule has 0 spiro atoms. The zero-order valence-corrected chi connectivity index (χ0v) is 17.0. The first-order valence-electron chi connectivity index (χ1n) is 10.3. The third-order valence-corrected chi connectivity index (χ3v) is 6.34. The van der Waals surface area contributed by atoms with Crippen LogP contribution < -0.4 is 5.32 Å². The van der Waals surface area contributed by atoms with E-state index in [4.69, 9.17) is 0 Å². The average molecular weight is 372 g/mol. The van der Waals surface area contributed by atoms with Crippen molar-refractivity contribution in [1.82, 2.24) is 9.80 Å². The van der Waals surface area contributed by atoms with E-state index in [9.17, 15) is 9.59 Å². The summed E-state index contributed by atoms with van der Waals surface area (Å²) >= 11 is 0. The highest BCUT2D eigenvalue weighted by Gasteiger charge is 2.33. The lowest BCUT2D eigenvalue weighted by atomic mass is 9.75. The molecule has 1 saturated carbocycles. The summed E-state index contributed by atoms with van der Waals surface area (Å²) in [6.07, 6.45) is 6.41. The van der Waals surface area contributed by atoms with Crippen molar-refractivity contribution in [3.8, 4) is 0 Å². The Morgan fingerprint density at radius 3 is 2.63 bits per heavy atom. The van der Waals surface area contributed by atoms with Crippen molar-refractivity contribution in [3.63, 3.8) is 0 Å². The van der Waals surface area contributed by atoms with Crippen molar-refractivity contribution in [2.24, 2.45) is 11.8 Å². The molecule has 0 bridgehead atoms. The van der Waals surface area contributed by atoms with Crippen molar-refractivity contribution in [3.05, 3.63) is 29.3 Å². The van der Waals surface area contributed by atoms with Crippen molar-refractivity contribution in [2.45, 2.75) is 46.0 Å². The largest absolute Gasteiger partial charge is 0.341 e. The number of fused-ring (bicyclic) bond motifs is 1. The van der Waals surface area contributed by atoms with Crippen molar-refractivity contribution < 1.29 is 9.59 Å². The molecule has 5 heteroatoms. The lowest BCUT2D eigenvalue weighted by Gasteiger charge is -2.41. The number of hydrogen-bond donors (Lipinski definition) is 1. The number of piperidine rings is 1. The second kappa shape index (κ2) is 8.87. The van der Waals surface area contributed by atoms with Crippen molar-refractivity contribution in [2.75, 3.05) is 38.5 Å². The first kappa shape index (κ1) is 19.9. The molecular formula is C22H33N3O2. The number of carbonyl (C=O) groups is 2. The number of carbonyl (C=O) groups excluding carboxylic acids is 2. The van der Waals surface area contributed by atoms with E-state index in [1.54, 1.807) is 0 Å². The lowest BCUT2D eigenvalue weighted by Crippen LogP contribution is -2.48. The Labute approximate surface area is 163 Å². The first-order chi connectivity index (χ1) is 12.9. The molecule has 2 fully saturated rings. The number of likely N-dealkylation sites (tertiary alicyclic amines) is 1. The van der Waals surface area contributed by atoms with Gasteiger partial charge in [0.2, 0.25) is 11.8 Å². The van der Waals surface area contributed by atoms with Gasteiger partial charge in [0.15, 0.2) is 0 Å². The summed E-state index contributed by atoms with van der Waals surface area (Å²) in [5, 5.41) is 2.97. The maximum Gasteiger partial charge on any atom is 0.238 e. The lowest BCUT2D eigenvalue weighted by molar-refractivity contribution is -0.135. The molecule has 148 valence electrons. The molecule has 0 aromatic heterocycles. The smallest absolute Gasteiger partial charge is 0.238 e. The molecule has 27 heavy (non-hydrogen) atoms. The fourth-order valence-corrected chi connectivity index (χ4v) is 4.54. The van der Waals surface area contributed by atoms with E-state index in [0.29, 0.717) is 12.5 Å². The number of rotatable bonds is 5. The number of amides is 2. The topological polar surface area (TPSA) is 52.7 Å². The predicted octanol–water partition coefficient (Wildman–Crippen LogP) is 3.21. The molecule has 5 nitrogen and oxygen atoms in total. The number of hydrogen-bond acceptors (Lipinski definition) is 3. The predicted molar refractivity (Wildman–Crippen MR) is 109 cm³/mol. The van der Waals surface area contributed by atoms with E-state index in [2.05, 4.69) is 5.32 Å². The molecule has 0 radical (unpaired) electrons. The van der Waals surface area contributed by atoms with Crippen LogP contribution in [0.1, 0.15) is 43.2 Å². The number of nitrogens with zero attached hydrogens (tertiary/aromatic N) is 2. The van der Waals surface area contributed by atoms with E-state index < -0.39 is 0 Å². The van der Waals surface area contributed by atoms with E-state index in [-0.39, 0.29) is 18.4 Å². The van der Waals surface area contributed by atoms with Gasteiger partial charge in [-0.3, -0.25) is 14.5 Å². The van der Waals surface area contributed by atoms with Crippen LogP contribution in [0.5, 0.6) is 0 Å². The number of anilines is 1. The molecule has 2 amide bonds. The molecule has 1 aromatic carbocycles. The summed E-state index contributed by atoms with van der Waals surface area (Å²) in [7, 11) is 1.84. The van der Waals surface area contributed by atoms with Crippen LogP contribution in [0.25, 0.3) is 0 Å². The molecule has 1 aliphatic carbocycles. The number of likely N-dealkylation sites (N-methyl/N-ethyl adjacent to an activating group) is 1. The average Bonchev–Trinajstić information content (AvgIpc) is 2.64. The first-order valence-corrected chi connectivity index (χ1v) is 10.3. The molecule has 1 aromatic rings. The summed E-state index contributed by atoms with van der Waals surface area (Å²) in [4.78, 5) is 28.9. The Morgan fingerprint density at radius 2 is 1.85 bits per heavy atom. The van der Waals surface area contributed by atoms with Crippen molar-refractivity contribution >= 4 is 17.5 Å². The summed E-state index contributed by atoms with van der Waals surface area (Å²) in [6.45, 7) is 6.35. The van der Waals surface area contributed by atoms with Crippen LogP contribution in [-0.4, -0.2) is 54.8 Å². The summed E-state index contributed by atoms with van der Waals surface area (Å²) in [5.74, 6) is 1.59. The second-order valence-corrected chi connectivity index (χ2v) is 8.40. The number of benzene rings is 1. The van der Waals surface area contributed by atoms with Gasteiger partial charge in [-0.1, -0.05) is 31.4 Å². The molecule has 1 N–H and O–H groups in total. The van der Waals surface area contributed by atoms with E-state index in [1.165, 1.54) is 25.7 Å². The maximum absolute atomic E-state index is 12.7. The van der Waals surface area contributed by atoms with Gasteiger partial charge in [0, 0.05) is 18.8 Å². The molecule has 2 aliphatic rings. The quantitative estimate of drug-likeness (QED) is 0.865. The molecule has 1 saturated heterocycles. The van der Waals surface area contributed by atoms with Gasteiger partial charge >= 0.3 is 0 Å². The Morgan fingerprint density at radius 1 is 1.11 bits per heavy atom. The van der Waals surface area contributed by atoms with E-state index in [0.717, 1.165) is 42.2 Å². The van der Waals surface area contributed by atoms with Crippen LogP contribution >= 0.6 is 0 Å².